The number of carbonyl (C=O) groups excluding carboxylic acids is 4. The smallest absolute Gasteiger partial charge is 0.336 e. The van der Waals surface area contributed by atoms with Gasteiger partial charge in [0.15, 0.2) is 16.6 Å². The number of carbonyl (C=O) groups is 7. The number of carboxylic acids is 3. The molecule has 29 nitrogen and oxygen atoms in total. The number of nitrogens with one attached hydrogen (secondary N) is 7. The molecule has 0 aliphatic rings. The third-order valence-corrected chi connectivity index (χ3v) is 24.6. The van der Waals surface area contributed by atoms with E-state index in [-0.39, 0.29) is 86.2 Å². The van der Waals surface area contributed by atoms with Crippen LogP contribution in [0, 0.1) is 13.8 Å². The van der Waals surface area contributed by atoms with Crippen LogP contribution < -0.4 is 37.9 Å². The van der Waals surface area contributed by atoms with E-state index in [1.165, 1.54) is 44.0 Å². The zero-order valence-electron chi connectivity index (χ0n) is 66.0. The average Bonchev–Trinajstić information content (AvgIpc) is 0.811. The van der Waals surface area contributed by atoms with Crippen LogP contribution in [0.4, 0.5) is 17.1 Å². The van der Waals surface area contributed by atoms with Crippen molar-refractivity contribution in [3.8, 4) is 33.4 Å². The third kappa shape index (κ3) is 30.6. The lowest BCUT2D eigenvalue weighted by atomic mass is 9.95. The Morgan fingerprint density at radius 2 is 0.779 bits per heavy atom. The molecule has 0 saturated heterocycles. The van der Waals surface area contributed by atoms with E-state index < -0.39 is 58.2 Å². The minimum absolute atomic E-state index is 0.00256. The number of anilines is 3. The summed E-state index contributed by atoms with van der Waals surface area (Å²) in [5.74, 6) is -5.56. The number of esters is 1. The van der Waals surface area contributed by atoms with E-state index in [9.17, 15) is 48.9 Å². The second kappa shape index (κ2) is 47.9. The van der Waals surface area contributed by atoms with E-state index in [0.717, 1.165) is 68.6 Å². The van der Waals surface area contributed by atoms with Crippen molar-refractivity contribution in [2.45, 2.75) is 139 Å². The fraction of sp³-hybridized carbons (Fsp3) is 0.329. The van der Waals surface area contributed by atoms with Gasteiger partial charge in [-0.1, -0.05) is 100 Å². The summed E-state index contributed by atoms with van der Waals surface area (Å²) in [4.78, 5) is 120. The number of amides is 3. The van der Waals surface area contributed by atoms with E-state index >= 15 is 0 Å². The largest absolute Gasteiger partial charge is 0.478 e. The minimum Gasteiger partial charge on any atom is -0.478 e. The third-order valence-electron chi connectivity index (χ3n) is 17.1. The van der Waals surface area contributed by atoms with Gasteiger partial charge in [0.25, 0.3) is 17.7 Å². The first kappa shape index (κ1) is 93.3. The highest BCUT2D eigenvalue weighted by Gasteiger charge is 2.32. The molecule has 0 heterocycles. The number of hydrogen-bond donors (Lipinski definition) is 13. The Labute approximate surface area is 660 Å². The van der Waals surface area contributed by atoms with Gasteiger partial charge in [0.2, 0.25) is 0 Å². The van der Waals surface area contributed by atoms with E-state index in [0.29, 0.717) is 51.4 Å². The molecule has 3 amide bonds. The number of hydroxylamine groups is 3. The van der Waals surface area contributed by atoms with Gasteiger partial charge < -0.3 is 40.1 Å². The highest BCUT2D eigenvalue weighted by atomic mass is 28.4. The van der Waals surface area contributed by atoms with Crippen LogP contribution in [0.3, 0.4) is 0 Å². The summed E-state index contributed by atoms with van der Waals surface area (Å²) >= 11 is 0. The Balaban J connectivity index is 0.000000301. The maximum atomic E-state index is 13.3. The standard InChI is InChI=1S/C28H31N3O9.C28H44N2O7Si2.C24H24N2O6.C2H6/c1-17-10-23(14-24(11-17)31-38-9-8-37-18(2)32)30-27(33)26-13-20(6-7-25(26)28(34)35)19-4-5-21(16-40-36)22(12-19)15-39-29-3;1-7-8-15-38(3,4)37-39(5,6)16-9-14-30-27(31)26-18-22(12-13-25(26)28(32)33)21-10-11-23(20-36-34)24(17-21)19-35-29-2;1-15-4-3-5-20(10-15)26-23(27)22-12-17(8-9-21(22)24(28)29)16-6-7-18(14-32-30)19(11-16)13-31-25-2;1-2/h4-7,10-14,29,31,36H,8-9,15-16H2,1-3H3,(H,30,33)(H,34,35);10-13,17-18,29,34H,7-9,14-16,19-20H2,1-6H3,(H,30,31)(H,32,33);3-12,25,30H,13-14H2,1-2H3,(H,26,27)(H,28,29);1-2H3. The molecule has 0 aromatic heterocycles. The summed E-state index contributed by atoms with van der Waals surface area (Å²) in [5, 5.41) is 64.1. The second-order valence-electron chi connectivity index (χ2n) is 26.7. The van der Waals surface area contributed by atoms with Crippen molar-refractivity contribution in [1.29, 1.82) is 0 Å². The zero-order valence-corrected chi connectivity index (χ0v) is 68.0. The van der Waals surface area contributed by atoms with E-state index in [1.54, 1.807) is 112 Å². The molecular weight excluding hydrogens is 1490 g/mol. The molecule has 13 N–H and O–H groups in total. The summed E-state index contributed by atoms with van der Waals surface area (Å²) in [7, 11) is 1.33. The topological polar surface area (TPSA) is 408 Å². The van der Waals surface area contributed by atoms with Gasteiger partial charge in [0.05, 0.1) is 58.9 Å². The molecular formula is C82H105N7O22Si2. The van der Waals surface area contributed by atoms with E-state index in [4.69, 9.17) is 44.0 Å². The first-order valence-electron chi connectivity index (χ1n) is 36.5. The number of carboxylic acid groups (broad SMARTS) is 3. The van der Waals surface area contributed by atoms with Gasteiger partial charge >= 0.3 is 23.9 Å². The molecule has 0 fully saturated rings. The minimum atomic E-state index is -1.87. The summed E-state index contributed by atoms with van der Waals surface area (Å²) in [6.45, 7) is 21.5. The van der Waals surface area contributed by atoms with Gasteiger partial charge in [-0.25, -0.2) is 45.5 Å². The Bertz CT molecular complexity index is 4490. The molecule has 0 aliphatic heterocycles. The van der Waals surface area contributed by atoms with Crippen molar-refractivity contribution in [3.05, 3.63) is 230 Å². The van der Waals surface area contributed by atoms with Crippen LogP contribution in [0.1, 0.15) is 154 Å². The van der Waals surface area contributed by atoms with Gasteiger partial charge in [-0.15, -0.1) is 0 Å². The lowest BCUT2D eigenvalue weighted by Gasteiger charge is -2.34. The number of aromatic carboxylic acids is 3. The molecule has 0 unspecified atom stereocenters. The summed E-state index contributed by atoms with van der Waals surface area (Å²) in [6, 6.07) is 44.5. The van der Waals surface area contributed by atoms with Crippen molar-refractivity contribution in [2.75, 3.05) is 57.0 Å². The summed E-state index contributed by atoms with van der Waals surface area (Å²) in [6.07, 6.45) is 3.13. The van der Waals surface area contributed by atoms with Crippen LogP contribution in [-0.4, -0.2) is 130 Å². The Hall–Kier alpha value is -10.3. The highest BCUT2D eigenvalue weighted by molar-refractivity contribution is 6.84. The maximum Gasteiger partial charge on any atom is 0.336 e. The van der Waals surface area contributed by atoms with Crippen LogP contribution in [0.5, 0.6) is 0 Å². The number of benzene rings is 8. The Kier molecular flexibility index (Phi) is 39.6. The molecule has 0 spiro atoms. The molecule has 0 saturated carbocycles. The number of ether oxygens (including phenoxy) is 1. The van der Waals surface area contributed by atoms with Crippen LogP contribution in [0.25, 0.3) is 33.4 Å². The summed E-state index contributed by atoms with van der Waals surface area (Å²) in [5.41, 5.74) is 22.3. The maximum absolute atomic E-state index is 13.3. The van der Waals surface area contributed by atoms with Crippen LogP contribution >= 0.6 is 0 Å². The second-order valence-corrected chi connectivity index (χ2v) is 35.5. The van der Waals surface area contributed by atoms with Crippen LogP contribution in [-0.2, 0) is 87.3 Å². The number of aryl methyl sites for hydroxylation is 2. The van der Waals surface area contributed by atoms with Crippen molar-refractivity contribution < 1.29 is 108 Å². The van der Waals surface area contributed by atoms with E-state index in [1.807, 2.05) is 64.1 Å². The quantitative estimate of drug-likeness (QED) is 0.00558. The molecule has 113 heavy (non-hydrogen) atoms. The van der Waals surface area contributed by atoms with E-state index in [2.05, 4.69) is 85.6 Å². The van der Waals surface area contributed by atoms with Gasteiger partial charge in [-0.3, -0.25) is 59.8 Å². The molecule has 0 bridgehead atoms. The van der Waals surface area contributed by atoms with Crippen molar-refractivity contribution in [1.82, 2.24) is 21.8 Å². The normalized spacial score (nSPS) is 11.0. The zero-order chi connectivity index (χ0) is 83.2. The molecule has 8 aromatic carbocycles. The monoisotopic (exact) mass is 1600 g/mol. The summed E-state index contributed by atoms with van der Waals surface area (Å²) < 4.78 is 11.5. The number of rotatable bonds is 40. The van der Waals surface area contributed by atoms with Gasteiger partial charge in [-0.2, -0.15) is 0 Å². The van der Waals surface area contributed by atoms with Crippen molar-refractivity contribution in [3.63, 3.8) is 0 Å². The molecule has 0 aliphatic carbocycles. The highest BCUT2D eigenvalue weighted by Crippen LogP contribution is 2.32. The molecule has 0 radical (unpaired) electrons. The molecule has 608 valence electrons. The molecule has 8 rings (SSSR count). The van der Waals surface area contributed by atoms with Crippen molar-refractivity contribution >= 4 is 75.3 Å². The van der Waals surface area contributed by atoms with Gasteiger partial charge in [-0.05, 0) is 221 Å². The number of hydrogen-bond acceptors (Lipinski definition) is 23. The first-order chi connectivity index (χ1) is 54.1. The first-order valence-corrected chi connectivity index (χ1v) is 42.7. The molecule has 8 aromatic rings. The fourth-order valence-electron chi connectivity index (χ4n) is 11.9. The Morgan fingerprint density at radius 3 is 1.17 bits per heavy atom. The average molecular weight is 1600 g/mol. The van der Waals surface area contributed by atoms with Gasteiger partial charge in [0.1, 0.15) is 33.0 Å². The Morgan fingerprint density at radius 1 is 0.398 bits per heavy atom. The SMILES string of the molecule is CC.CCCC[Si](C)(C)O[Si](C)(C)CCCNC(=O)c1cc(-c2ccc(COO)c(CONC)c2)ccc1C(=O)O.CNOCc1cc(-c2ccc(C(=O)O)c(C(=O)Nc3cc(C)cc(NOCCOC(C)=O)c3)c2)ccc1COO.CNOCc1cc(-c2ccc(C(=O)O)c(C(=O)Nc3cccc(C)c3)c2)ccc1COO. The van der Waals surface area contributed by atoms with Crippen LogP contribution in [0.2, 0.25) is 38.3 Å². The predicted molar refractivity (Wildman–Crippen MR) is 434 cm³/mol. The number of unbranched alkanes of at least 4 members (excludes halogenated alkanes) is 1. The van der Waals surface area contributed by atoms with Crippen molar-refractivity contribution in [2.24, 2.45) is 0 Å². The fourth-order valence-corrected chi connectivity index (χ4v) is 20.9. The lowest BCUT2D eigenvalue weighted by Crippen LogP contribution is -2.44. The predicted octanol–water partition coefficient (Wildman–Crippen LogP) is 15.5. The van der Waals surface area contributed by atoms with Crippen LogP contribution in [0.15, 0.2) is 152 Å². The molecule has 0 atom stereocenters. The van der Waals surface area contributed by atoms with Gasteiger partial charge in [0, 0.05) is 46.0 Å². The lowest BCUT2D eigenvalue weighted by molar-refractivity contribution is -0.253. The molecule has 31 heteroatoms.